The minimum absolute atomic E-state index is 0.275. The van der Waals surface area contributed by atoms with Gasteiger partial charge in [0.2, 0.25) is 17.7 Å². The van der Waals surface area contributed by atoms with Crippen LogP contribution >= 0.6 is 0 Å². The number of hydrogen-bond donors (Lipinski definition) is 8. The second-order valence-corrected chi connectivity index (χ2v) is 7.90. The van der Waals surface area contributed by atoms with Gasteiger partial charge in [-0.3, -0.25) is 28.8 Å². The van der Waals surface area contributed by atoms with Crippen molar-refractivity contribution in [3.8, 4) is 0 Å². The maximum absolute atomic E-state index is 12.8. The van der Waals surface area contributed by atoms with Crippen molar-refractivity contribution in [3.63, 3.8) is 0 Å². The largest absolute Gasteiger partial charge is 0.481 e. The highest BCUT2D eigenvalue weighted by Gasteiger charge is 2.32. The molecular weight excluding hydrogens is 472 g/mol. The Hall–Kier alpha value is -3.75. The molecule has 15 nitrogen and oxygen atoms in total. The average Bonchev–Trinajstić information content (AvgIpc) is 2.76. The van der Waals surface area contributed by atoms with Gasteiger partial charge in [0.1, 0.15) is 18.1 Å². The lowest BCUT2D eigenvalue weighted by Crippen LogP contribution is -2.58. The molecule has 0 saturated heterocycles. The summed E-state index contributed by atoms with van der Waals surface area (Å²) < 4.78 is 0. The first-order valence-electron chi connectivity index (χ1n) is 10.7. The normalized spacial score (nSPS) is 14.9. The topological polar surface area (TPSA) is 263 Å². The Balaban J connectivity index is 5.63. The second kappa shape index (κ2) is 15.2. The fourth-order valence-corrected chi connectivity index (χ4v) is 2.77. The molecule has 9 N–H and O–H groups in total. The van der Waals surface area contributed by atoms with Crippen molar-refractivity contribution in [2.75, 3.05) is 0 Å². The van der Waals surface area contributed by atoms with Gasteiger partial charge < -0.3 is 42.1 Å². The SMILES string of the molecule is CCC(C)C(N)C(=O)NC(CCC(=O)O)C(=O)NC(CC(=O)O)C(=O)NC(CCC(=O)O)C(=O)O. The highest BCUT2D eigenvalue weighted by Crippen LogP contribution is 2.08. The Morgan fingerprint density at radius 2 is 1.11 bits per heavy atom. The van der Waals surface area contributed by atoms with Gasteiger partial charge in [-0.15, -0.1) is 0 Å². The monoisotopic (exact) mass is 504 g/mol. The number of carbonyl (C=O) groups excluding carboxylic acids is 3. The lowest BCUT2D eigenvalue weighted by Gasteiger charge is -2.25. The molecule has 0 spiro atoms. The molecule has 0 heterocycles. The second-order valence-electron chi connectivity index (χ2n) is 7.90. The Kier molecular flexibility index (Phi) is 13.6. The molecule has 5 atom stereocenters. The molecular formula is C20H32N4O11. The van der Waals surface area contributed by atoms with E-state index in [4.69, 9.17) is 21.1 Å². The minimum Gasteiger partial charge on any atom is -0.481 e. The maximum Gasteiger partial charge on any atom is 0.326 e. The molecule has 0 rings (SSSR count). The van der Waals surface area contributed by atoms with Crippen LogP contribution in [0.1, 0.15) is 52.4 Å². The van der Waals surface area contributed by atoms with Gasteiger partial charge in [-0.1, -0.05) is 20.3 Å². The summed E-state index contributed by atoms with van der Waals surface area (Å²) in [6, 6.07) is -5.99. The number of carboxylic acids is 4. The summed E-state index contributed by atoms with van der Waals surface area (Å²) in [6.07, 6.45) is -2.51. The van der Waals surface area contributed by atoms with E-state index in [-0.39, 0.29) is 5.92 Å². The first kappa shape index (κ1) is 31.2. The molecule has 0 aromatic heterocycles. The Labute approximate surface area is 200 Å². The predicted molar refractivity (Wildman–Crippen MR) is 117 cm³/mol. The molecule has 0 radical (unpaired) electrons. The van der Waals surface area contributed by atoms with Gasteiger partial charge in [-0.05, 0) is 18.8 Å². The summed E-state index contributed by atoms with van der Waals surface area (Å²) in [5, 5.41) is 42.3. The van der Waals surface area contributed by atoms with E-state index in [2.05, 4.69) is 10.6 Å². The third kappa shape index (κ3) is 12.3. The van der Waals surface area contributed by atoms with Gasteiger partial charge >= 0.3 is 23.9 Å². The van der Waals surface area contributed by atoms with E-state index >= 15 is 0 Å². The predicted octanol–water partition coefficient (Wildman–Crippen LogP) is -1.90. The first-order chi connectivity index (χ1) is 16.2. The van der Waals surface area contributed by atoms with Crippen molar-refractivity contribution >= 4 is 41.6 Å². The smallest absolute Gasteiger partial charge is 0.326 e. The molecule has 0 aliphatic heterocycles. The quantitative estimate of drug-likeness (QED) is 0.108. The standard InChI is InChI=1S/C20H32N4O11/c1-3-9(2)16(21)19(33)22-10(4-6-13(25)26)17(31)24-12(8-15(29)30)18(32)23-11(20(34)35)5-7-14(27)28/h9-12,16H,3-8,21H2,1-2H3,(H,22,33)(H,23,32)(H,24,31)(H,25,26)(H,27,28)(H,29,30)(H,34,35). The van der Waals surface area contributed by atoms with E-state index in [0.717, 1.165) is 0 Å². The van der Waals surface area contributed by atoms with Crippen LogP contribution in [0.5, 0.6) is 0 Å². The number of carbonyl (C=O) groups is 7. The highest BCUT2D eigenvalue weighted by molar-refractivity contribution is 5.95. The van der Waals surface area contributed by atoms with Crippen molar-refractivity contribution in [2.24, 2.45) is 11.7 Å². The fraction of sp³-hybridized carbons (Fsp3) is 0.650. The summed E-state index contributed by atoms with van der Waals surface area (Å²) in [4.78, 5) is 81.8. The van der Waals surface area contributed by atoms with E-state index in [1.165, 1.54) is 0 Å². The minimum atomic E-state index is -1.81. The van der Waals surface area contributed by atoms with Crippen molar-refractivity contribution in [3.05, 3.63) is 0 Å². The summed E-state index contributed by atoms with van der Waals surface area (Å²) in [5.41, 5.74) is 5.82. The molecule has 15 heteroatoms. The number of aliphatic carboxylic acids is 4. The molecule has 0 aliphatic carbocycles. The van der Waals surface area contributed by atoms with Crippen LogP contribution in [0.15, 0.2) is 0 Å². The molecule has 0 aromatic carbocycles. The van der Waals surface area contributed by atoms with Crippen molar-refractivity contribution in [2.45, 2.75) is 76.5 Å². The Bertz CT molecular complexity index is 817. The fourth-order valence-electron chi connectivity index (χ4n) is 2.77. The number of rotatable bonds is 17. The number of hydrogen-bond acceptors (Lipinski definition) is 8. The number of nitrogens with one attached hydrogen (secondary N) is 3. The van der Waals surface area contributed by atoms with E-state index in [0.29, 0.717) is 6.42 Å². The summed E-state index contributed by atoms with van der Waals surface area (Å²) in [6.45, 7) is 3.47. The van der Waals surface area contributed by atoms with E-state index in [1.807, 2.05) is 5.32 Å². The maximum atomic E-state index is 12.8. The van der Waals surface area contributed by atoms with Gasteiger partial charge in [-0.25, -0.2) is 4.79 Å². The number of amides is 3. The van der Waals surface area contributed by atoms with Crippen LogP contribution in [0, 0.1) is 5.92 Å². The molecule has 3 amide bonds. The van der Waals surface area contributed by atoms with Crippen LogP contribution in [-0.4, -0.2) is 86.2 Å². The summed E-state index contributed by atoms with van der Waals surface area (Å²) in [5.74, 6) is -9.07. The van der Waals surface area contributed by atoms with E-state index in [9.17, 15) is 38.7 Å². The van der Waals surface area contributed by atoms with Gasteiger partial charge in [0.05, 0.1) is 12.5 Å². The van der Waals surface area contributed by atoms with Crippen molar-refractivity contribution in [1.29, 1.82) is 0 Å². The molecule has 0 aromatic rings. The van der Waals surface area contributed by atoms with Gasteiger partial charge in [-0.2, -0.15) is 0 Å². The third-order valence-electron chi connectivity index (χ3n) is 5.11. The number of carboxylic acid groups (broad SMARTS) is 4. The van der Waals surface area contributed by atoms with Crippen LogP contribution in [0.25, 0.3) is 0 Å². The zero-order valence-electron chi connectivity index (χ0n) is 19.4. The van der Waals surface area contributed by atoms with Crippen molar-refractivity contribution < 1.29 is 54.0 Å². The average molecular weight is 504 g/mol. The van der Waals surface area contributed by atoms with Crippen LogP contribution in [0.2, 0.25) is 0 Å². The zero-order chi connectivity index (χ0) is 27.3. The molecule has 0 fully saturated rings. The zero-order valence-corrected chi connectivity index (χ0v) is 19.4. The Morgan fingerprint density at radius 1 is 0.686 bits per heavy atom. The summed E-state index contributed by atoms with van der Waals surface area (Å²) in [7, 11) is 0. The molecule has 5 unspecified atom stereocenters. The molecule has 0 aliphatic rings. The lowest BCUT2D eigenvalue weighted by atomic mass is 9.98. The molecule has 35 heavy (non-hydrogen) atoms. The molecule has 0 saturated carbocycles. The molecule has 0 bridgehead atoms. The van der Waals surface area contributed by atoms with E-state index in [1.54, 1.807) is 13.8 Å². The number of nitrogens with two attached hydrogens (primary N) is 1. The third-order valence-corrected chi connectivity index (χ3v) is 5.11. The van der Waals surface area contributed by atoms with Gasteiger partial charge in [0.25, 0.3) is 0 Å². The van der Waals surface area contributed by atoms with E-state index < -0.39 is 97.9 Å². The van der Waals surface area contributed by atoms with Crippen LogP contribution < -0.4 is 21.7 Å². The van der Waals surface area contributed by atoms with Crippen LogP contribution in [0.3, 0.4) is 0 Å². The van der Waals surface area contributed by atoms with Crippen molar-refractivity contribution in [1.82, 2.24) is 16.0 Å². The van der Waals surface area contributed by atoms with Crippen LogP contribution in [-0.2, 0) is 33.6 Å². The van der Waals surface area contributed by atoms with Gasteiger partial charge in [0, 0.05) is 12.8 Å². The first-order valence-corrected chi connectivity index (χ1v) is 10.7. The van der Waals surface area contributed by atoms with Crippen LogP contribution in [0.4, 0.5) is 0 Å². The van der Waals surface area contributed by atoms with Gasteiger partial charge in [0.15, 0.2) is 0 Å². The summed E-state index contributed by atoms with van der Waals surface area (Å²) >= 11 is 0. The molecule has 198 valence electrons. The Morgan fingerprint density at radius 3 is 1.54 bits per heavy atom. The lowest BCUT2D eigenvalue weighted by molar-refractivity contribution is -0.144. The highest BCUT2D eigenvalue weighted by atomic mass is 16.4.